The zero-order valence-corrected chi connectivity index (χ0v) is 14.6. The summed E-state index contributed by atoms with van der Waals surface area (Å²) < 4.78 is 3.54. The van der Waals surface area contributed by atoms with Crippen LogP contribution in [0.1, 0.15) is 30.7 Å². The van der Waals surface area contributed by atoms with Crippen molar-refractivity contribution >= 4 is 23.1 Å². The van der Waals surface area contributed by atoms with Gasteiger partial charge in [0.1, 0.15) is 6.33 Å². The molecular weight excluding hydrogens is 330 g/mol. The lowest BCUT2D eigenvalue weighted by Crippen LogP contribution is -2.31. The summed E-state index contributed by atoms with van der Waals surface area (Å²) in [6.07, 6.45) is 9.66. The van der Waals surface area contributed by atoms with E-state index in [9.17, 15) is 4.79 Å². The molecule has 3 aromatic rings. The van der Waals surface area contributed by atoms with Crippen molar-refractivity contribution in [1.82, 2.24) is 29.7 Å². The lowest BCUT2D eigenvalue weighted by molar-refractivity contribution is -0.117. The molecule has 2 atom stereocenters. The fraction of sp³-hybridized carbons (Fsp3) is 0.333. The predicted molar refractivity (Wildman–Crippen MR) is 98.2 cm³/mol. The molecule has 1 aliphatic carbocycles. The molecule has 0 saturated heterocycles. The number of anilines is 2. The highest BCUT2D eigenvalue weighted by atomic mass is 16.1. The van der Waals surface area contributed by atoms with Gasteiger partial charge in [0.25, 0.3) is 0 Å². The number of carbonyl (C=O) groups excluding carboxylic acids is 1. The zero-order valence-electron chi connectivity index (χ0n) is 14.6. The van der Waals surface area contributed by atoms with Crippen LogP contribution in [0.3, 0.4) is 0 Å². The second-order valence-corrected chi connectivity index (χ2v) is 6.63. The Morgan fingerprint density at radius 1 is 1.42 bits per heavy atom. The van der Waals surface area contributed by atoms with Gasteiger partial charge in [0.2, 0.25) is 5.91 Å². The Hall–Kier alpha value is -3.16. The van der Waals surface area contributed by atoms with Crippen LogP contribution in [0.4, 0.5) is 11.5 Å². The molecule has 0 bridgehead atoms. The van der Waals surface area contributed by atoms with Crippen LogP contribution in [0.25, 0.3) is 5.65 Å². The largest absolute Gasteiger partial charge is 0.350 e. The number of carbonyl (C=O) groups is 1. The molecule has 1 aliphatic rings. The van der Waals surface area contributed by atoms with Gasteiger partial charge in [0.05, 0.1) is 5.69 Å². The quantitative estimate of drug-likeness (QED) is 0.688. The Morgan fingerprint density at radius 2 is 2.31 bits per heavy atom. The normalized spacial score (nSPS) is 19.6. The Balaban J connectivity index is 1.60. The van der Waals surface area contributed by atoms with Crippen molar-refractivity contribution in [2.45, 2.75) is 31.2 Å². The van der Waals surface area contributed by atoms with Gasteiger partial charge in [-0.25, -0.2) is 9.50 Å². The first kappa shape index (κ1) is 16.3. The van der Waals surface area contributed by atoms with Gasteiger partial charge in [0, 0.05) is 31.5 Å². The minimum absolute atomic E-state index is 0.111. The summed E-state index contributed by atoms with van der Waals surface area (Å²) in [6, 6.07) is 4.21. The third kappa shape index (κ3) is 3.17. The van der Waals surface area contributed by atoms with E-state index in [0.717, 1.165) is 36.4 Å². The number of hydrogen-bond acceptors (Lipinski definition) is 5. The molecule has 8 heteroatoms. The molecule has 1 amide bonds. The van der Waals surface area contributed by atoms with E-state index in [1.165, 1.54) is 11.6 Å². The van der Waals surface area contributed by atoms with Crippen molar-refractivity contribution in [3.05, 3.63) is 49.1 Å². The molecule has 0 spiro atoms. The number of amides is 1. The fourth-order valence-electron chi connectivity index (χ4n) is 3.56. The van der Waals surface area contributed by atoms with E-state index in [0.29, 0.717) is 5.92 Å². The van der Waals surface area contributed by atoms with Crippen LogP contribution in [0, 0.1) is 0 Å². The van der Waals surface area contributed by atoms with Crippen LogP contribution in [0.2, 0.25) is 0 Å². The van der Waals surface area contributed by atoms with Crippen molar-refractivity contribution in [3.8, 4) is 0 Å². The number of fused-ring (bicyclic) bond motifs is 1. The molecule has 1 fully saturated rings. The van der Waals surface area contributed by atoms with E-state index in [1.807, 2.05) is 25.5 Å². The summed E-state index contributed by atoms with van der Waals surface area (Å²) in [7, 11) is 1.88. The molecule has 4 rings (SSSR count). The smallest absolute Gasteiger partial charge is 0.243 e. The van der Waals surface area contributed by atoms with Gasteiger partial charge in [-0.05, 0) is 42.9 Å². The molecule has 2 N–H and O–H groups in total. The van der Waals surface area contributed by atoms with E-state index in [4.69, 9.17) is 0 Å². The van der Waals surface area contributed by atoms with Crippen molar-refractivity contribution in [2.75, 3.05) is 5.32 Å². The van der Waals surface area contributed by atoms with Crippen molar-refractivity contribution < 1.29 is 4.79 Å². The molecule has 1 unspecified atom stereocenters. The molecule has 3 aromatic heterocycles. The first-order valence-electron chi connectivity index (χ1n) is 8.65. The Bertz CT molecular complexity index is 958. The second-order valence-electron chi connectivity index (χ2n) is 6.63. The number of aromatic nitrogens is 5. The predicted octanol–water partition coefficient (Wildman–Crippen LogP) is 2.14. The number of nitrogens with one attached hydrogen (secondary N) is 2. The molecule has 0 aromatic carbocycles. The highest BCUT2D eigenvalue weighted by molar-refractivity contribution is 5.87. The lowest BCUT2D eigenvalue weighted by Gasteiger charge is -2.14. The number of nitrogens with zero attached hydrogens (tertiary/aromatic N) is 5. The van der Waals surface area contributed by atoms with Crippen molar-refractivity contribution in [2.24, 2.45) is 7.05 Å². The third-order valence-corrected chi connectivity index (χ3v) is 4.81. The van der Waals surface area contributed by atoms with E-state index >= 15 is 0 Å². The van der Waals surface area contributed by atoms with Gasteiger partial charge in [0.15, 0.2) is 11.5 Å². The number of pyridine rings is 1. The van der Waals surface area contributed by atoms with Gasteiger partial charge in [-0.3, -0.25) is 9.48 Å². The summed E-state index contributed by atoms with van der Waals surface area (Å²) in [5, 5.41) is 15.0. The maximum atomic E-state index is 11.5. The standard InChI is InChI=1S/C18H21N7O/c1-3-17(26)21-14-5-4-12(8-14)13-9-15(18-19-11-20-25(18)10-13)22-16-6-7-24(2)23-16/h3,6-7,9-12,14H,1,4-5,8H2,2H3,(H,21,26)(H,22,23)/t12?,14-/m0/s1. The first-order chi connectivity index (χ1) is 12.6. The SMILES string of the molecule is C=CC(=O)N[C@H]1CCC(c2cc(Nc3ccn(C)n3)c3ncnn3c2)C1. The minimum atomic E-state index is -0.111. The molecule has 0 aliphatic heterocycles. The molecule has 0 radical (unpaired) electrons. The second kappa shape index (κ2) is 6.62. The number of rotatable bonds is 5. The Labute approximate surface area is 150 Å². The molecule has 3 heterocycles. The van der Waals surface area contributed by atoms with Crippen LogP contribution >= 0.6 is 0 Å². The molecular formula is C18H21N7O. The van der Waals surface area contributed by atoms with Gasteiger partial charge >= 0.3 is 0 Å². The summed E-state index contributed by atoms with van der Waals surface area (Å²) in [5.74, 6) is 1.01. The Morgan fingerprint density at radius 3 is 3.08 bits per heavy atom. The van der Waals surface area contributed by atoms with E-state index in [2.05, 4.69) is 38.5 Å². The van der Waals surface area contributed by atoms with Gasteiger partial charge in [-0.2, -0.15) is 10.2 Å². The minimum Gasteiger partial charge on any atom is -0.350 e. The topological polar surface area (TPSA) is 89.1 Å². The molecule has 134 valence electrons. The van der Waals surface area contributed by atoms with E-state index in [1.54, 1.807) is 15.5 Å². The number of aryl methyl sites for hydroxylation is 1. The van der Waals surface area contributed by atoms with Gasteiger partial charge < -0.3 is 10.6 Å². The lowest BCUT2D eigenvalue weighted by atomic mass is 9.98. The zero-order chi connectivity index (χ0) is 18.1. The average molecular weight is 351 g/mol. The summed E-state index contributed by atoms with van der Waals surface area (Å²) >= 11 is 0. The van der Waals surface area contributed by atoms with Crippen molar-refractivity contribution in [1.29, 1.82) is 0 Å². The average Bonchev–Trinajstić information content (AvgIpc) is 3.35. The summed E-state index contributed by atoms with van der Waals surface area (Å²) in [6.45, 7) is 3.51. The van der Waals surface area contributed by atoms with E-state index < -0.39 is 0 Å². The molecule has 8 nitrogen and oxygen atoms in total. The number of hydrogen-bond donors (Lipinski definition) is 2. The Kier molecular flexibility index (Phi) is 4.16. The van der Waals surface area contributed by atoms with Crippen molar-refractivity contribution in [3.63, 3.8) is 0 Å². The maximum absolute atomic E-state index is 11.5. The summed E-state index contributed by atoms with van der Waals surface area (Å²) in [5.41, 5.74) is 2.81. The molecule has 1 saturated carbocycles. The van der Waals surface area contributed by atoms with Crippen LogP contribution in [-0.2, 0) is 11.8 Å². The monoisotopic (exact) mass is 351 g/mol. The van der Waals surface area contributed by atoms with E-state index in [-0.39, 0.29) is 11.9 Å². The molecule has 26 heavy (non-hydrogen) atoms. The van der Waals surface area contributed by atoms with Gasteiger partial charge in [-0.15, -0.1) is 0 Å². The first-order valence-corrected chi connectivity index (χ1v) is 8.65. The van der Waals surface area contributed by atoms with Crippen LogP contribution < -0.4 is 10.6 Å². The van der Waals surface area contributed by atoms with Crippen LogP contribution in [0.5, 0.6) is 0 Å². The highest BCUT2D eigenvalue weighted by Crippen LogP contribution is 2.36. The third-order valence-electron chi connectivity index (χ3n) is 4.81. The highest BCUT2D eigenvalue weighted by Gasteiger charge is 2.27. The van der Waals surface area contributed by atoms with Crippen LogP contribution in [-0.4, -0.2) is 36.3 Å². The maximum Gasteiger partial charge on any atom is 0.243 e. The van der Waals surface area contributed by atoms with Crippen LogP contribution in [0.15, 0.2) is 43.5 Å². The summed E-state index contributed by atoms with van der Waals surface area (Å²) in [4.78, 5) is 15.9. The fourth-order valence-corrected chi connectivity index (χ4v) is 3.56. The van der Waals surface area contributed by atoms with Gasteiger partial charge in [-0.1, -0.05) is 6.58 Å².